The van der Waals surface area contributed by atoms with Crippen molar-refractivity contribution in [3.05, 3.63) is 23.1 Å². The molecule has 0 aromatic heterocycles. The monoisotopic (exact) mass is 455 g/mol. The third kappa shape index (κ3) is 8.12. The molecule has 6 nitrogen and oxygen atoms in total. The summed E-state index contributed by atoms with van der Waals surface area (Å²) >= 11 is 1.73. The number of nitrogens with one attached hydrogen (secondary N) is 1. The quantitative estimate of drug-likeness (QED) is 0.439. The summed E-state index contributed by atoms with van der Waals surface area (Å²) < 4.78 is 22.0. The molecule has 1 saturated heterocycles. The van der Waals surface area contributed by atoms with Crippen LogP contribution in [0.1, 0.15) is 60.8 Å². The number of allylic oxidation sites excluding steroid dienone is 1. The second-order valence-electron chi connectivity index (χ2n) is 9.20. The topological polar surface area (TPSA) is 66.0 Å². The Morgan fingerprint density at radius 2 is 1.84 bits per heavy atom. The van der Waals surface area contributed by atoms with Gasteiger partial charge in [0.15, 0.2) is 5.88 Å². The molecule has 31 heavy (non-hydrogen) atoms. The lowest BCUT2D eigenvalue weighted by Crippen LogP contribution is -2.42. The SMILES string of the molecule is CCOCCOCC(C)(C)C1=C(CC)COC(NC(=O)C(C)(C)SC2CCOCC2)=C1. The molecule has 178 valence electrons. The molecule has 7 heteroatoms. The summed E-state index contributed by atoms with van der Waals surface area (Å²) in [6, 6.07) is 0. The van der Waals surface area contributed by atoms with E-state index in [9.17, 15) is 4.79 Å². The summed E-state index contributed by atoms with van der Waals surface area (Å²) in [5, 5.41) is 3.48. The molecule has 2 aliphatic heterocycles. The van der Waals surface area contributed by atoms with Gasteiger partial charge in [-0.3, -0.25) is 10.1 Å². The number of rotatable bonds is 12. The number of carbonyl (C=O) groups is 1. The summed E-state index contributed by atoms with van der Waals surface area (Å²) in [6.45, 7) is 16.9. The molecular weight excluding hydrogens is 414 g/mol. The predicted octanol–water partition coefficient (Wildman–Crippen LogP) is 4.45. The van der Waals surface area contributed by atoms with E-state index in [1.165, 1.54) is 11.1 Å². The van der Waals surface area contributed by atoms with Crippen LogP contribution in [-0.4, -0.2) is 62.2 Å². The molecular formula is C24H41NO5S. The van der Waals surface area contributed by atoms with E-state index in [0.29, 0.717) is 44.2 Å². The number of amides is 1. The molecule has 2 heterocycles. The van der Waals surface area contributed by atoms with Gasteiger partial charge >= 0.3 is 0 Å². The predicted molar refractivity (Wildman–Crippen MR) is 126 cm³/mol. The smallest absolute Gasteiger partial charge is 0.242 e. The maximum atomic E-state index is 13.0. The van der Waals surface area contributed by atoms with E-state index in [0.717, 1.165) is 32.5 Å². The van der Waals surface area contributed by atoms with E-state index in [1.54, 1.807) is 11.8 Å². The highest BCUT2D eigenvalue weighted by Crippen LogP contribution is 2.36. The van der Waals surface area contributed by atoms with Crippen LogP contribution in [0, 0.1) is 5.41 Å². The second kappa shape index (κ2) is 12.3. The van der Waals surface area contributed by atoms with Gasteiger partial charge < -0.3 is 18.9 Å². The van der Waals surface area contributed by atoms with Crippen LogP contribution in [0.3, 0.4) is 0 Å². The van der Waals surface area contributed by atoms with Crippen molar-refractivity contribution in [1.29, 1.82) is 0 Å². The minimum atomic E-state index is -0.543. The van der Waals surface area contributed by atoms with E-state index in [2.05, 4.69) is 26.1 Å². The van der Waals surface area contributed by atoms with Crippen molar-refractivity contribution in [3.8, 4) is 0 Å². The molecule has 0 bridgehead atoms. The fourth-order valence-corrected chi connectivity index (χ4v) is 5.17. The number of thioether (sulfide) groups is 1. The molecule has 0 aromatic carbocycles. The van der Waals surface area contributed by atoms with Crippen LogP contribution in [0.4, 0.5) is 0 Å². The van der Waals surface area contributed by atoms with E-state index < -0.39 is 4.75 Å². The Balaban J connectivity index is 2.02. The molecule has 0 spiro atoms. The second-order valence-corrected chi connectivity index (χ2v) is 11.1. The van der Waals surface area contributed by atoms with Crippen molar-refractivity contribution in [1.82, 2.24) is 5.32 Å². The van der Waals surface area contributed by atoms with Gasteiger partial charge in [0.1, 0.15) is 6.61 Å². The van der Waals surface area contributed by atoms with Crippen LogP contribution in [0.25, 0.3) is 0 Å². The van der Waals surface area contributed by atoms with Crippen molar-refractivity contribution in [2.45, 2.75) is 70.8 Å². The molecule has 0 aromatic rings. The standard InChI is InChI=1S/C24H41NO5S/c1-7-18-16-30-21(15-20(18)23(3,4)17-29-14-13-27-8-2)25-22(26)24(5,6)31-19-9-11-28-12-10-19/h15,19H,7-14,16-17H2,1-6H3,(H,25,26). The molecule has 1 amide bonds. The average molecular weight is 456 g/mol. The fraction of sp³-hybridized carbons (Fsp3) is 0.792. The first-order valence-corrected chi connectivity index (χ1v) is 12.4. The third-order valence-corrected chi connectivity index (χ3v) is 7.25. The van der Waals surface area contributed by atoms with Crippen molar-refractivity contribution in [3.63, 3.8) is 0 Å². The highest BCUT2D eigenvalue weighted by Gasteiger charge is 2.34. The minimum absolute atomic E-state index is 0.0275. The molecule has 0 unspecified atom stereocenters. The van der Waals surface area contributed by atoms with E-state index in [1.807, 2.05) is 26.8 Å². The first kappa shape index (κ1) is 26.2. The lowest BCUT2D eigenvalue weighted by molar-refractivity contribution is -0.122. The molecule has 2 rings (SSSR count). The van der Waals surface area contributed by atoms with Gasteiger partial charge in [0.25, 0.3) is 0 Å². The number of carbonyl (C=O) groups excluding carboxylic acids is 1. The van der Waals surface area contributed by atoms with Gasteiger partial charge in [-0.05, 0) is 51.2 Å². The lowest BCUT2D eigenvalue weighted by atomic mass is 9.80. The fourth-order valence-electron chi connectivity index (χ4n) is 3.75. The van der Waals surface area contributed by atoms with Crippen molar-refractivity contribution < 1.29 is 23.7 Å². The largest absolute Gasteiger partial charge is 0.474 e. The molecule has 0 aliphatic carbocycles. The van der Waals surface area contributed by atoms with Crippen molar-refractivity contribution >= 4 is 17.7 Å². The van der Waals surface area contributed by atoms with Gasteiger partial charge in [0.05, 0.1) is 24.6 Å². The molecule has 1 fully saturated rings. The Hall–Kier alpha value is -1.02. The molecule has 1 N–H and O–H groups in total. The highest BCUT2D eigenvalue weighted by atomic mass is 32.2. The van der Waals surface area contributed by atoms with Crippen molar-refractivity contribution in [2.75, 3.05) is 46.2 Å². The molecule has 0 atom stereocenters. The maximum absolute atomic E-state index is 13.0. The third-order valence-electron chi connectivity index (χ3n) is 5.67. The van der Waals surface area contributed by atoms with E-state index in [-0.39, 0.29) is 11.3 Å². The van der Waals surface area contributed by atoms with Gasteiger partial charge in [-0.25, -0.2) is 0 Å². The van der Waals surface area contributed by atoms with Crippen LogP contribution in [0.5, 0.6) is 0 Å². The molecule has 2 aliphatic rings. The first-order chi connectivity index (χ1) is 14.7. The summed E-state index contributed by atoms with van der Waals surface area (Å²) in [5.74, 6) is 0.501. The van der Waals surface area contributed by atoms with E-state index in [4.69, 9.17) is 18.9 Å². The minimum Gasteiger partial charge on any atom is -0.474 e. The van der Waals surface area contributed by atoms with Gasteiger partial charge in [0.2, 0.25) is 5.91 Å². The highest BCUT2D eigenvalue weighted by molar-refractivity contribution is 8.01. The van der Waals surface area contributed by atoms with Crippen LogP contribution in [-0.2, 0) is 23.7 Å². The number of ether oxygens (including phenoxy) is 4. The zero-order valence-electron chi connectivity index (χ0n) is 20.2. The average Bonchev–Trinajstić information content (AvgIpc) is 2.74. The number of hydrogen-bond donors (Lipinski definition) is 1. The lowest BCUT2D eigenvalue weighted by Gasteiger charge is -2.33. The van der Waals surface area contributed by atoms with Crippen molar-refractivity contribution in [2.24, 2.45) is 5.41 Å². The van der Waals surface area contributed by atoms with Crippen LogP contribution >= 0.6 is 11.8 Å². The zero-order chi connectivity index (χ0) is 22.9. The van der Waals surface area contributed by atoms with E-state index >= 15 is 0 Å². The Bertz CT molecular complexity index is 650. The summed E-state index contributed by atoms with van der Waals surface area (Å²) in [6.07, 6.45) is 4.87. The first-order valence-electron chi connectivity index (χ1n) is 11.5. The summed E-state index contributed by atoms with van der Waals surface area (Å²) in [7, 11) is 0. The summed E-state index contributed by atoms with van der Waals surface area (Å²) in [4.78, 5) is 13.0. The number of hydrogen-bond acceptors (Lipinski definition) is 6. The van der Waals surface area contributed by atoms with Crippen LogP contribution in [0.2, 0.25) is 0 Å². The molecule has 0 saturated carbocycles. The Morgan fingerprint density at radius 1 is 1.16 bits per heavy atom. The zero-order valence-corrected chi connectivity index (χ0v) is 21.0. The Kier molecular flexibility index (Phi) is 10.4. The van der Waals surface area contributed by atoms with Crippen LogP contribution < -0.4 is 5.32 Å². The molecule has 0 radical (unpaired) electrons. The van der Waals surface area contributed by atoms with Gasteiger partial charge in [-0.15, -0.1) is 11.8 Å². The Labute approximate surface area is 192 Å². The van der Waals surface area contributed by atoms with Crippen LogP contribution in [0.15, 0.2) is 23.1 Å². The van der Waals surface area contributed by atoms with Gasteiger partial charge in [-0.1, -0.05) is 20.8 Å². The van der Waals surface area contributed by atoms with Gasteiger partial charge in [0, 0.05) is 36.6 Å². The van der Waals surface area contributed by atoms with Gasteiger partial charge in [-0.2, -0.15) is 0 Å². The normalized spacial score (nSPS) is 18.6. The summed E-state index contributed by atoms with van der Waals surface area (Å²) in [5.41, 5.74) is 2.24. The Morgan fingerprint density at radius 3 is 2.48 bits per heavy atom. The maximum Gasteiger partial charge on any atom is 0.242 e.